The molecule has 0 amide bonds. The van der Waals surface area contributed by atoms with Gasteiger partial charge in [0.2, 0.25) is 0 Å². The molecule has 0 aromatic carbocycles. The summed E-state index contributed by atoms with van der Waals surface area (Å²) >= 11 is 0. The van der Waals surface area contributed by atoms with Gasteiger partial charge in [0, 0.05) is 5.57 Å². The molecular weight excluding hydrogens is 212 g/mol. The molecule has 0 aliphatic heterocycles. The van der Waals surface area contributed by atoms with Crippen molar-refractivity contribution in [1.29, 1.82) is 0 Å². The van der Waals surface area contributed by atoms with Gasteiger partial charge in [0.05, 0.1) is 6.61 Å². The summed E-state index contributed by atoms with van der Waals surface area (Å²) < 4.78 is 5.26. The third kappa shape index (κ3) is 5.38. The average Bonchev–Trinajstić information content (AvgIpc) is 2.33. The van der Waals surface area contributed by atoms with Gasteiger partial charge in [-0.2, -0.15) is 0 Å². The third-order valence-electron chi connectivity index (χ3n) is 3.66. The normalized spacial score (nSPS) is 24.4. The Morgan fingerprint density at radius 2 is 2.06 bits per heavy atom. The van der Waals surface area contributed by atoms with Crippen LogP contribution in [-0.4, -0.2) is 12.6 Å². The van der Waals surface area contributed by atoms with Crippen molar-refractivity contribution in [3.05, 3.63) is 12.2 Å². The van der Waals surface area contributed by atoms with E-state index in [1.807, 2.05) is 0 Å². The molecule has 2 nitrogen and oxygen atoms in total. The lowest BCUT2D eigenvalue weighted by Crippen LogP contribution is -2.21. The lowest BCUT2D eigenvalue weighted by molar-refractivity contribution is -0.140. The molecular formula is C15H26O2. The number of rotatable bonds is 6. The van der Waals surface area contributed by atoms with Crippen molar-refractivity contribution in [2.75, 3.05) is 6.61 Å². The Kier molecular flexibility index (Phi) is 6.31. The molecule has 0 saturated heterocycles. The molecule has 1 rings (SSSR count). The Morgan fingerprint density at radius 3 is 2.71 bits per heavy atom. The standard InChI is InChI=1S/C15H26O2/c1-4-5-7-13-8-6-9-14(10-13)11-17-15(16)12(2)3/h13-14H,2,4-11H2,1,3H3. The molecule has 0 heterocycles. The van der Waals surface area contributed by atoms with Crippen LogP contribution in [0.1, 0.15) is 58.8 Å². The van der Waals surface area contributed by atoms with Crippen molar-refractivity contribution in [2.45, 2.75) is 58.8 Å². The van der Waals surface area contributed by atoms with Crippen LogP contribution in [0.15, 0.2) is 12.2 Å². The van der Waals surface area contributed by atoms with Gasteiger partial charge in [-0.25, -0.2) is 4.79 Å². The summed E-state index contributed by atoms with van der Waals surface area (Å²) in [5.41, 5.74) is 0.503. The maximum absolute atomic E-state index is 11.3. The Bertz CT molecular complexity index is 258. The summed E-state index contributed by atoms with van der Waals surface area (Å²) in [7, 11) is 0. The highest BCUT2D eigenvalue weighted by Gasteiger charge is 2.22. The van der Waals surface area contributed by atoms with Gasteiger partial charge in [0.25, 0.3) is 0 Å². The van der Waals surface area contributed by atoms with Gasteiger partial charge in [-0.05, 0) is 31.6 Å². The predicted octanol–water partition coefficient (Wildman–Crippen LogP) is 4.10. The molecule has 1 saturated carbocycles. The predicted molar refractivity (Wildman–Crippen MR) is 70.7 cm³/mol. The first kappa shape index (κ1) is 14.3. The molecule has 1 aliphatic rings. The van der Waals surface area contributed by atoms with Crippen LogP contribution in [-0.2, 0) is 9.53 Å². The van der Waals surface area contributed by atoms with Crippen LogP contribution in [0.2, 0.25) is 0 Å². The minimum absolute atomic E-state index is 0.235. The molecule has 1 fully saturated rings. The largest absolute Gasteiger partial charge is 0.462 e. The Balaban J connectivity index is 2.24. The zero-order valence-corrected chi connectivity index (χ0v) is 11.3. The highest BCUT2D eigenvalue weighted by molar-refractivity contribution is 5.86. The summed E-state index contributed by atoms with van der Waals surface area (Å²) in [5.74, 6) is 1.20. The van der Waals surface area contributed by atoms with Crippen molar-refractivity contribution in [1.82, 2.24) is 0 Å². The zero-order chi connectivity index (χ0) is 12.7. The second-order valence-electron chi connectivity index (χ2n) is 5.42. The second-order valence-corrected chi connectivity index (χ2v) is 5.42. The number of ether oxygens (including phenoxy) is 1. The van der Waals surface area contributed by atoms with E-state index in [4.69, 9.17) is 4.74 Å². The van der Waals surface area contributed by atoms with E-state index in [0.29, 0.717) is 18.1 Å². The number of hydrogen-bond donors (Lipinski definition) is 0. The fourth-order valence-corrected chi connectivity index (χ4v) is 2.63. The van der Waals surface area contributed by atoms with Gasteiger partial charge in [-0.1, -0.05) is 45.6 Å². The SMILES string of the molecule is C=C(C)C(=O)OCC1CCCC(CCCC)C1. The maximum Gasteiger partial charge on any atom is 0.333 e. The Hall–Kier alpha value is -0.790. The van der Waals surface area contributed by atoms with Crippen LogP contribution < -0.4 is 0 Å². The molecule has 17 heavy (non-hydrogen) atoms. The minimum atomic E-state index is -0.235. The number of esters is 1. The van der Waals surface area contributed by atoms with E-state index in [1.54, 1.807) is 6.92 Å². The quantitative estimate of drug-likeness (QED) is 0.514. The summed E-state index contributed by atoms with van der Waals surface area (Å²) in [5, 5.41) is 0. The van der Waals surface area contributed by atoms with Crippen LogP contribution in [0.5, 0.6) is 0 Å². The first-order chi connectivity index (χ1) is 8.13. The van der Waals surface area contributed by atoms with Crippen LogP contribution in [0, 0.1) is 11.8 Å². The Labute approximate surface area is 105 Å². The number of unbranched alkanes of at least 4 members (excludes halogenated alkanes) is 1. The van der Waals surface area contributed by atoms with Crippen molar-refractivity contribution >= 4 is 5.97 Å². The highest BCUT2D eigenvalue weighted by Crippen LogP contribution is 2.32. The van der Waals surface area contributed by atoms with Gasteiger partial charge in [0.1, 0.15) is 0 Å². The summed E-state index contributed by atoms with van der Waals surface area (Å²) in [6.07, 6.45) is 9.08. The second kappa shape index (κ2) is 7.52. The lowest BCUT2D eigenvalue weighted by atomic mass is 9.79. The monoisotopic (exact) mass is 238 g/mol. The van der Waals surface area contributed by atoms with Gasteiger partial charge in [0.15, 0.2) is 0 Å². The van der Waals surface area contributed by atoms with Crippen LogP contribution in [0.3, 0.4) is 0 Å². The van der Waals surface area contributed by atoms with Crippen molar-refractivity contribution in [3.8, 4) is 0 Å². The summed E-state index contributed by atoms with van der Waals surface area (Å²) in [6.45, 7) is 8.14. The third-order valence-corrected chi connectivity index (χ3v) is 3.66. The smallest absolute Gasteiger partial charge is 0.333 e. The topological polar surface area (TPSA) is 26.3 Å². The van der Waals surface area contributed by atoms with Gasteiger partial charge in [-0.15, -0.1) is 0 Å². The van der Waals surface area contributed by atoms with E-state index in [0.717, 1.165) is 5.92 Å². The number of hydrogen-bond acceptors (Lipinski definition) is 2. The van der Waals surface area contributed by atoms with E-state index in [-0.39, 0.29) is 5.97 Å². The average molecular weight is 238 g/mol. The number of carbonyl (C=O) groups is 1. The maximum atomic E-state index is 11.3. The fraction of sp³-hybridized carbons (Fsp3) is 0.800. The van der Waals surface area contributed by atoms with E-state index in [2.05, 4.69) is 13.5 Å². The van der Waals surface area contributed by atoms with E-state index in [9.17, 15) is 4.79 Å². The molecule has 1 aliphatic carbocycles. The summed E-state index contributed by atoms with van der Waals surface area (Å²) in [6, 6.07) is 0. The molecule has 2 heteroatoms. The van der Waals surface area contributed by atoms with E-state index in [1.165, 1.54) is 44.9 Å². The van der Waals surface area contributed by atoms with Gasteiger partial charge >= 0.3 is 5.97 Å². The van der Waals surface area contributed by atoms with E-state index < -0.39 is 0 Å². The van der Waals surface area contributed by atoms with Crippen LogP contribution >= 0.6 is 0 Å². The Morgan fingerprint density at radius 1 is 1.35 bits per heavy atom. The van der Waals surface area contributed by atoms with Gasteiger partial charge in [-0.3, -0.25) is 0 Å². The molecule has 0 N–H and O–H groups in total. The van der Waals surface area contributed by atoms with Crippen LogP contribution in [0.25, 0.3) is 0 Å². The minimum Gasteiger partial charge on any atom is -0.462 e. The molecule has 98 valence electrons. The van der Waals surface area contributed by atoms with E-state index >= 15 is 0 Å². The molecule has 0 radical (unpaired) electrons. The molecule has 2 atom stereocenters. The molecule has 0 bridgehead atoms. The first-order valence-corrected chi connectivity index (χ1v) is 6.96. The van der Waals surface area contributed by atoms with Crippen molar-refractivity contribution in [2.24, 2.45) is 11.8 Å². The highest BCUT2D eigenvalue weighted by atomic mass is 16.5. The molecule has 0 aromatic heterocycles. The molecule has 2 unspecified atom stereocenters. The van der Waals surface area contributed by atoms with Crippen molar-refractivity contribution < 1.29 is 9.53 Å². The first-order valence-electron chi connectivity index (χ1n) is 6.96. The zero-order valence-electron chi connectivity index (χ0n) is 11.3. The van der Waals surface area contributed by atoms with Crippen molar-refractivity contribution in [3.63, 3.8) is 0 Å². The lowest BCUT2D eigenvalue weighted by Gasteiger charge is -2.28. The number of carbonyl (C=O) groups excluding carboxylic acids is 1. The summed E-state index contributed by atoms with van der Waals surface area (Å²) in [4.78, 5) is 11.3. The molecule has 0 aromatic rings. The molecule has 0 spiro atoms. The fourth-order valence-electron chi connectivity index (χ4n) is 2.63. The van der Waals surface area contributed by atoms with Crippen LogP contribution in [0.4, 0.5) is 0 Å². The van der Waals surface area contributed by atoms with Gasteiger partial charge < -0.3 is 4.74 Å².